The van der Waals surface area contributed by atoms with Crippen molar-refractivity contribution in [3.05, 3.63) is 22.4 Å². The van der Waals surface area contributed by atoms with E-state index in [1.54, 1.807) is 11.3 Å². The van der Waals surface area contributed by atoms with Gasteiger partial charge >= 0.3 is 0 Å². The van der Waals surface area contributed by atoms with Crippen LogP contribution in [0.15, 0.2) is 17.5 Å². The molecule has 0 spiro atoms. The second-order valence-electron chi connectivity index (χ2n) is 4.62. The lowest BCUT2D eigenvalue weighted by Gasteiger charge is -2.28. The number of fused-ring (bicyclic) bond motifs is 2. The third kappa shape index (κ3) is 2.77. The summed E-state index contributed by atoms with van der Waals surface area (Å²) >= 11 is 1.79. The quantitative estimate of drug-likeness (QED) is 0.901. The number of ether oxygens (including phenoxy) is 1. The van der Waals surface area contributed by atoms with E-state index in [0.717, 1.165) is 18.7 Å². The van der Waals surface area contributed by atoms with Crippen LogP contribution in [0, 0.1) is 0 Å². The lowest BCUT2D eigenvalue weighted by Crippen LogP contribution is -2.41. The van der Waals surface area contributed by atoms with Crippen molar-refractivity contribution >= 4 is 23.7 Å². The Kier molecular flexibility index (Phi) is 4.25. The van der Waals surface area contributed by atoms with Crippen LogP contribution in [-0.4, -0.2) is 18.2 Å². The van der Waals surface area contributed by atoms with E-state index in [4.69, 9.17) is 4.74 Å². The highest BCUT2D eigenvalue weighted by molar-refractivity contribution is 7.09. The molecular formula is C12H18ClNOS. The SMILES string of the molecule is Cl.c1csc(COC2CC3CCC(C2)N3)c1. The van der Waals surface area contributed by atoms with Crippen molar-refractivity contribution in [1.29, 1.82) is 0 Å². The fourth-order valence-electron chi connectivity index (χ4n) is 2.74. The topological polar surface area (TPSA) is 21.3 Å². The zero-order valence-electron chi connectivity index (χ0n) is 9.22. The molecule has 2 bridgehead atoms. The molecule has 2 saturated heterocycles. The van der Waals surface area contributed by atoms with Crippen molar-refractivity contribution in [2.45, 2.75) is 50.5 Å². The Morgan fingerprint density at radius 1 is 1.31 bits per heavy atom. The molecule has 90 valence electrons. The Balaban J connectivity index is 0.000000963. The molecule has 3 rings (SSSR count). The van der Waals surface area contributed by atoms with Crippen molar-refractivity contribution in [2.75, 3.05) is 0 Å². The monoisotopic (exact) mass is 259 g/mol. The van der Waals surface area contributed by atoms with Gasteiger partial charge in [0.2, 0.25) is 0 Å². The second kappa shape index (κ2) is 5.50. The molecule has 4 heteroatoms. The van der Waals surface area contributed by atoms with Gasteiger partial charge in [-0.25, -0.2) is 0 Å². The van der Waals surface area contributed by atoms with E-state index < -0.39 is 0 Å². The van der Waals surface area contributed by atoms with Crippen LogP contribution in [0.5, 0.6) is 0 Å². The Morgan fingerprint density at radius 2 is 2.06 bits per heavy atom. The summed E-state index contributed by atoms with van der Waals surface area (Å²) < 4.78 is 5.98. The van der Waals surface area contributed by atoms with Gasteiger partial charge in [-0.3, -0.25) is 0 Å². The molecule has 0 aliphatic carbocycles. The largest absolute Gasteiger partial charge is 0.373 e. The predicted octanol–water partition coefficient (Wildman–Crippen LogP) is 2.97. The average molecular weight is 260 g/mol. The zero-order chi connectivity index (χ0) is 10.1. The van der Waals surface area contributed by atoms with Crippen molar-refractivity contribution in [2.24, 2.45) is 0 Å². The summed E-state index contributed by atoms with van der Waals surface area (Å²) in [7, 11) is 0. The summed E-state index contributed by atoms with van der Waals surface area (Å²) in [6.07, 6.45) is 5.61. The van der Waals surface area contributed by atoms with Crippen molar-refractivity contribution < 1.29 is 4.74 Å². The fourth-order valence-corrected chi connectivity index (χ4v) is 3.36. The van der Waals surface area contributed by atoms with Crippen molar-refractivity contribution in [3.8, 4) is 0 Å². The molecule has 0 saturated carbocycles. The number of halogens is 1. The number of piperidine rings is 1. The summed E-state index contributed by atoms with van der Waals surface area (Å²) in [5.41, 5.74) is 0. The first kappa shape index (κ1) is 12.4. The van der Waals surface area contributed by atoms with E-state index in [1.165, 1.54) is 30.6 Å². The molecule has 2 atom stereocenters. The third-order valence-corrected chi connectivity index (χ3v) is 4.32. The van der Waals surface area contributed by atoms with Crippen LogP contribution in [0.4, 0.5) is 0 Å². The van der Waals surface area contributed by atoms with E-state index in [-0.39, 0.29) is 12.4 Å². The minimum atomic E-state index is 0. The van der Waals surface area contributed by atoms with Crippen LogP contribution < -0.4 is 5.32 Å². The molecule has 3 heterocycles. The van der Waals surface area contributed by atoms with E-state index in [9.17, 15) is 0 Å². The van der Waals surface area contributed by atoms with Crippen LogP contribution in [0.25, 0.3) is 0 Å². The van der Waals surface area contributed by atoms with Crippen LogP contribution in [0.3, 0.4) is 0 Å². The van der Waals surface area contributed by atoms with Crippen molar-refractivity contribution in [3.63, 3.8) is 0 Å². The fraction of sp³-hybridized carbons (Fsp3) is 0.667. The molecule has 2 unspecified atom stereocenters. The van der Waals surface area contributed by atoms with Gasteiger partial charge in [-0.1, -0.05) is 6.07 Å². The van der Waals surface area contributed by atoms with Gasteiger partial charge in [-0.2, -0.15) is 0 Å². The van der Waals surface area contributed by atoms with Gasteiger partial charge in [0.15, 0.2) is 0 Å². The molecule has 2 aliphatic rings. The number of nitrogens with one attached hydrogen (secondary N) is 1. The van der Waals surface area contributed by atoms with Gasteiger partial charge in [0.1, 0.15) is 0 Å². The van der Waals surface area contributed by atoms with Gasteiger partial charge in [-0.15, -0.1) is 23.7 Å². The van der Waals surface area contributed by atoms with E-state index in [1.807, 2.05) is 0 Å². The minimum Gasteiger partial charge on any atom is -0.373 e. The normalized spacial score (nSPS) is 32.4. The highest BCUT2D eigenvalue weighted by Gasteiger charge is 2.33. The minimum absolute atomic E-state index is 0. The lowest BCUT2D eigenvalue weighted by molar-refractivity contribution is 0.0104. The van der Waals surface area contributed by atoms with Crippen LogP contribution in [0.1, 0.15) is 30.6 Å². The summed E-state index contributed by atoms with van der Waals surface area (Å²) in [5.74, 6) is 0. The van der Waals surface area contributed by atoms with Crippen molar-refractivity contribution in [1.82, 2.24) is 5.32 Å². The maximum absolute atomic E-state index is 5.98. The van der Waals surface area contributed by atoms with Crippen LogP contribution in [-0.2, 0) is 11.3 Å². The Hall–Kier alpha value is -0.0900. The van der Waals surface area contributed by atoms with Gasteiger partial charge in [0, 0.05) is 17.0 Å². The highest BCUT2D eigenvalue weighted by atomic mass is 35.5. The molecule has 2 fully saturated rings. The second-order valence-corrected chi connectivity index (χ2v) is 5.65. The molecule has 0 radical (unpaired) electrons. The number of hydrogen-bond donors (Lipinski definition) is 1. The molecule has 0 aromatic carbocycles. The van der Waals surface area contributed by atoms with Crippen LogP contribution >= 0.6 is 23.7 Å². The van der Waals surface area contributed by atoms with Crippen LogP contribution in [0.2, 0.25) is 0 Å². The predicted molar refractivity (Wildman–Crippen MR) is 69.3 cm³/mol. The zero-order valence-corrected chi connectivity index (χ0v) is 10.9. The number of hydrogen-bond acceptors (Lipinski definition) is 3. The Labute approximate surface area is 107 Å². The maximum Gasteiger partial charge on any atom is 0.0813 e. The van der Waals surface area contributed by atoms with E-state index in [0.29, 0.717) is 6.10 Å². The molecule has 2 nitrogen and oxygen atoms in total. The van der Waals surface area contributed by atoms with Gasteiger partial charge < -0.3 is 10.1 Å². The standard InChI is InChI=1S/C12H17NOS.ClH/c1-2-12(15-5-1)8-14-11-6-9-3-4-10(7-11)13-9;/h1-2,5,9-11,13H,3-4,6-8H2;1H. The third-order valence-electron chi connectivity index (χ3n) is 3.47. The first-order valence-electron chi connectivity index (χ1n) is 5.80. The van der Waals surface area contributed by atoms with Gasteiger partial charge in [0.05, 0.1) is 12.7 Å². The lowest BCUT2D eigenvalue weighted by atomic mass is 10.0. The van der Waals surface area contributed by atoms with Gasteiger partial charge in [0.25, 0.3) is 0 Å². The summed E-state index contributed by atoms with van der Waals surface area (Å²) in [5, 5.41) is 5.75. The summed E-state index contributed by atoms with van der Waals surface area (Å²) in [4.78, 5) is 1.35. The molecule has 1 N–H and O–H groups in total. The molecule has 0 amide bonds. The maximum atomic E-state index is 5.98. The smallest absolute Gasteiger partial charge is 0.0813 e. The summed E-state index contributed by atoms with van der Waals surface area (Å²) in [6, 6.07) is 5.71. The molecule has 2 aliphatic heterocycles. The number of rotatable bonds is 3. The highest BCUT2D eigenvalue weighted by Crippen LogP contribution is 2.29. The Bertz CT molecular complexity index is 305. The summed E-state index contributed by atoms with van der Waals surface area (Å²) in [6.45, 7) is 0.807. The van der Waals surface area contributed by atoms with E-state index in [2.05, 4.69) is 22.8 Å². The molecule has 16 heavy (non-hydrogen) atoms. The molecule has 1 aromatic heterocycles. The first-order chi connectivity index (χ1) is 7.40. The first-order valence-corrected chi connectivity index (χ1v) is 6.68. The number of thiophene rings is 1. The average Bonchev–Trinajstić information content (AvgIpc) is 2.86. The molecule has 1 aromatic rings. The Morgan fingerprint density at radius 3 is 2.69 bits per heavy atom. The van der Waals surface area contributed by atoms with Gasteiger partial charge in [-0.05, 0) is 37.1 Å². The van der Waals surface area contributed by atoms with E-state index >= 15 is 0 Å². The molecular weight excluding hydrogens is 242 g/mol.